The second-order valence-corrected chi connectivity index (χ2v) is 5.18. The largest absolute Gasteiger partial charge is 0.388 e. The zero-order valence-electron chi connectivity index (χ0n) is 9.57. The molecule has 17 heavy (non-hydrogen) atoms. The summed E-state index contributed by atoms with van der Waals surface area (Å²) >= 11 is 6.06. The van der Waals surface area contributed by atoms with E-state index >= 15 is 0 Å². The molecule has 1 aromatic rings. The molecule has 1 fully saturated rings. The Morgan fingerprint density at radius 2 is 1.94 bits per heavy atom. The summed E-state index contributed by atoms with van der Waals surface area (Å²) in [5, 5.41) is 11.0. The van der Waals surface area contributed by atoms with Gasteiger partial charge in [0.15, 0.2) is 0 Å². The van der Waals surface area contributed by atoms with E-state index in [2.05, 4.69) is 0 Å². The van der Waals surface area contributed by atoms with Crippen LogP contribution < -0.4 is 5.73 Å². The molecule has 0 heterocycles. The third kappa shape index (κ3) is 2.62. The molecule has 1 aliphatic rings. The maximum absolute atomic E-state index is 13.1. The Kier molecular flexibility index (Phi) is 3.71. The van der Waals surface area contributed by atoms with E-state index in [1.54, 1.807) is 6.07 Å². The van der Waals surface area contributed by atoms with Crippen molar-refractivity contribution >= 4 is 11.6 Å². The van der Waals surface area contributed by atoms with Crippen LogP contribution in [0.15, 0.2) is 24.3 Å². The summed E-state index contributed by atoms with van der Waals surface area (Å²) in [4.78, 5) is 0. The maximum Gasteiger partial charge on any atom is 0.100 e. The molecule has 2 rings (SSSR count). The number of benzene rings is 1. The highest BCUT2D eigenvalue weighted by atomic mass is 35.5. The highest BCUT2D eigenvalue weighted by Gasteiger charge is 2.39. The van der Waals surface area contributed by atoms with Gasteiger partial charge in [-0.05, 0) is 37.3 Å². The number of alkyl halides is 1. The van der Waals surface area contributed by atoms with E-state index in [9.17, 15) is 9.50 Å². The summed E-state index contributed by atoms with van der Waals surface area (Å²) in [6, 6.07) is 6.67. The van der Waals surface area contributed by atoms with Crippen molar-refractivity contribution in [2.45, 2.75) is 43.5 Å². The Bertz CT molecular complexity index is 391. The van der Waals surface area contributed by atoms with E-state index in [1.165, 1.54) is 0 Å². The Labute approximate surface area is 106 Å². The lowest BCUT2D eigenvalue weighted by molar-refractivity contribution is -0.0363. The standard InChI is InChI=1S/C13H17ClFNO/c14-11-4-2-1-3-10(11)12(16)13(17)7-5-9(15)6-8-13/h1-4,9,12,17H,5-8,16H2/t9-,12?,13-. The monoisotopic (exact) mass is 257 g/mol. The normalized spacial score (nSPS) is 31.2. The fraction of sp³-hybridized carbons (Fsp3) is 0.538. The van der Waals surface area contributed by atoms with Gasteiger partial charge >= 0.3 is 0 Å². The summed E-state index contributed by atoms with van der Waals surface area (Å²) in [5.74, 6) is 0. The zero-order chi connectivity index (χ0) is 12.5. The van der Waals surface area contributed by atoms with Crippen LogP contribution in [0.25, 0.3) is 0 Å². The van der Waals surface area contributed by atoms with E-state index in [0.29, 0.717) is 30.7 Å². The predicted octanol–water partition coefficient (Wildman–Crippen LogP) is 2.98. The summed E-state index contributed by atoms with van der Waals surface area (Å²) in [7, 11) is 0. The van der Waals surface area contributed by atoms with Crippen LogP contribution in [0.4, 0.5) is 4.39 Å². The molecule has 0 aromatic heterocycles. The summed E-state index contributed by atoms with van der Waals surface area (Å²) in [5.41, 5.74) is 5.79. The molecule has 0 saturated heterocycles. The minimum Gasteiger partial charge on any atom is -0.388 e. The van der Waals surface area contributed by atoms with Gasteiger partial charge in [-0.15, -0.1) is 0 Å². The van der Waals surface area contributed by atoms with Crippen molar-refractivity contribution in [3.63, 3.8) is 0 Å². The van der Waals surface area contributed by atoms with Crippen molar-refractivity contribution in [1.82, 2.24) is 0 Å². The average Bonchev–Trinajstić information content (AvgIpc) is 2.33. The van der Waals surface area contributed by atoms with E-state index in [0.717, 1.165) is 5.56 Å². The van der Waals surface area contributed by atoms with E-state index in [-0.39, 0.29) is 0 Å². The first-order valence-corrected chi connectivity index (χ1v) is 6.27. The molecule has 94 valence electrons. The fourth-order valence-electron chi connectivity index (χ4n) is 2.41. The number of nitrogens with two attached hydrogens (primary N) is 1. The summed E-state index contributed by atoms with van der Waals surface area (Å²) < 4.78 is 13.1. The smallest absolute Gasteiger partial charge is 0.100 e. The van der Waals surface area contributed by atoms with Crippen LogP contribution in [0.5, 0.6) is 0 Å². The Morgan fingerprint density at radius 1 is 1.35 bits per heavy atom. The molecule has 0 radical (unpaired) electrons. The van der Waals surface area contributed by atoms with Crippen molar-refractivity contribution in [1.29, 1.82) is 0 Å². The van der Waals surface area contributed by atoms with Crippen molar-refractivity contribution < 1.29 is 9.50 Å². The van der Waals surface area contributed by atoms with Gasteiger partial charge in [-0.1, -0.05) is 29.8 Å². The Hall–Kier alpha value is -0.640. The number of halogens is 2. The van der Waals surface area contributed by atoms with Gasteiger partial charge in [0.2, 0.25) is 0 Å². The quantitative estimate of drug-likeness (QED) is 0.856. The molecule has 0 amide bonds. The zero-order valence-corrected chi connectivity index (χ0v) is 10.3. The third-order valence-corrected chi connectivity index (χ3v) is 3.94. The van der Waals surface area contributed by atoms with Crippen LogP contribution in [-0.4, -0.2) is 16.9 Å². The molecule has 0 aliphatic heterocycles. The molecule has 1 aromatic carbocycles. The molecular weight excluding hydrogens is 241 g/mol. The van der Waals surface area contributed by atoms with Crippen LogP contribution in [0, 0.1) is 0 Å². The van der Waals surface area contributed by atoms with Gasteiger partial charge < -0.3 is 10.8 Å². The van der Waals surface area contributed by atoms with E-state index in [4.69, 9.17) is 17.3 Å². The van der Waals surface area contributed by atoms with Crippen molar-refractivity contribution in [2.24, 2.45) is 5.73 Å². The van der Waals surface area contributed by atoms with Gasteiger partial charge in [0.1, 0.15) is 6.17 Å². The average molecular weight is 258 g/mol. The van der Waals surface area contributed by atoms with Crippen LogP contribution in [-0.2, 0) is 0 Å². The molecule has 2 nitrogen and oxygen atoms in total. The maximum atomic E-state index is 13.1. The SMILES string of the molecule is NC(c1ccccc1Cl)[C@]1(O)CC[C@H](F)CC1. The Balaban J connectivity index is 2.20. The molecular formula is C13H17ClFNO. The number of hydrogen-bond acceptors (Lipinski definition) is 2. The van der Waals surface area contributed by atoms with E-state index in [1.807, 2.05) is 18.2 Å². The minimum absolute atomic E-state index is 0.370. The van der Waals surface area contributed by atoms with Crippen molar-refractivity contribution in [2.75, 3.05) is 0 Å². The molecule has 0 spiro atoms. The lowest BCUT2D eigenvalue weighted by Gasteiger charge is -2.38. The van der Waals surface area contributed by atoms with Gasteiger partial charge in [0, 0.05) is 5.02 Å². The van der Waals surface area contributed by atoms with Crippen LogP contribution in [0.3, 0.4) is 0 Å². The minimum atomic E-state index is -1.03. The van der Waals surface area contributed by atoms with Gasteiger partial charge in [0.05, 0.1) is 11.6 Å². The highest BCUT2D eigenvalue weighted by Crippen LogP contribution is 2.39. The van der Waals surface area contributed by atoms with Crippen molar-refractivity contribution in [3.05, 3.63) is 34.9 Å². The van der Waals surface area contributed by atoms with Gasteiger partial charge in [-0.25, -0.2) is 4.39 Å². The van der Waals surface area contributed by atoms with Crippen LogP contribution >= 0.6 is 11.6 Å². The highest BCUT2D eigenvalue weighted by molar-refractivity contribution is 6.31. The number of aliphatic hydroxyl groups is 1. The second-order valence-electron chi connectivity index (χ2n) is 4.78. The summed E-state index contributed by atoms with van der Waals surface area (Å²) in [6.45, 7) is 0. The van der Waals surface area contributed by atoms with Crippen LogP contribution in [0.1, 0.15) is 37.3 Å². The third-order valence-electron chi connectivity index (χ3n) is 3.60. The molecule has 1 unspecified atom stereocenters. The first kappa shape index (κ1) is 12.8. The first-order chi connectivity index (χ1) is 8.03. The Morgan fingerprint density at radius 3 is 2.53 bits per heavy atom. The molecule has 1 aliphatic carbocycles. The predicted molar refractivity (Wildman–Crippen MR) is 66.7 cm³/mol. The van der Waals surface area contributed by atoms with Crippen LogP contribution in [0.2, 0.25) is 5.02 Å². The summed E-state index contributed by atoms with van der Waals surface area (Å²) in [6.07, 6.45) is 0.707. The molecule has 0 bridgehead atoms. The first-order valence-electron chi connectivity index (χ1n) is 5.89. The fourth-order valence-corrected chi connectivity index (χ4v) is 2.66. The van der Waals surface area contributed by atoms with E-state index < -0.39 is 17.8 Å². The number of hydrogen-bond donors (Lipinski definition) is 2. The van der Waals surface area contributed by atoms with Gasteiger partial charge in [-0.3, -0.25) is 0 Å². The van der Waals surface area contributed by atoms with Gasteiger partial charge in [-0.2, -0.15) is 0 Å². The van der Waals surface area contributed by atoms with Crippen molar-refractivity contribution in [3.8, 4) is 0 Å². The lowest BCUT2D eigenvalue weighted by atomic mass is 9.77. The topological polar surface area (TPSA) is 46.2 Å². The molecule has 3 N–H and O–H groups in total. The molecule has 4 heteroatoms. The number of rotatable bonds is 2. The second kappa shape index (κ2) is 4.92. The lowest BCUT2D eigenvalue weighted by Crippen LogP contribution is -2.44. The molecule has 1 atom stereocenters. The van der Waals surface area contributed by atoms with Gasteiger partial charge in [0.25, 0.3) is 0 Å². The molecule has 1 saturated carbocycles.